The molecule has 0 fully saturated rings. The van der Waals surface area contributed by atoms with Gasteiger partial charge in [-0.15, -0.1) is 0 Å². The highest BCUT2D eigenvalue weighted by molar-refractivity contribution is 5.99. The van der Waals surface area contributed by atoms with E-state index < -0.39 is 5.97 Å². The summed E-state index contributed by atoms with van der Waals surface area (Å²) in [6, 6.07) is 6.72. The van der Waals surface area contributed by atoms with Gasteiger partial charge >= 0.3 is 5.97 Å². The second kappa shape index (κ2) is 8.42. The summed E-state index contributed by atoms with van der Waals surface area (Å²) in [5, 5.41) is 11.6. The first-order valence-electron chi connectivity index (χ1n) is 7.16. The van der Waals surface area contributed by atoms with Crippen LogP contribution < -0.4 is 10.1 Å². The van der Waals surface area contributed by atoms with Crippen molar-refractivity contribution in [3.63, 3.8) is 0 Å². The lowest BCUT2D eigenvalue weighted by atomic mass is 10.1. The largest absolute Gasteiger partial charge is 0.491 e. The van der Waals surface area contributed by atoms with E-state index in [0.29, 0.717) is 18.5 Å². The van der Waals surface area contributed by atoms with E-state index in [1.807, 2.05) is 13.8 Å². The van der Waals surface area contributed by atoms with Crippen LogP contribution in [0, 0.1) is 0 Å². The van der Waals surface area contributed by atoms with E-state index >= 15 is 0 Å². The minimum atomic E-state index is -0.823. The molecule has 1 unspecified atom stereocenters. The van der Waals surface area contributed by atoms with Crippen LogP contribution in [0.25, 0.3) is 0 Å². The fourth-order valence-electron chi connectivity index (χ4n) is 1.87. The third-order valence-corrected chi connectivity index (χ3v) is 2.92. The number of ketones is 1. The topological polar surface area (TPSA) is 75.6 Å². The normalized spacial score (nSPS) is 12.2. The van der Waals surface area contributed by atoms with Crippen LogP contribution in [0.3, 0.4) is 0 Å². The Morgan fingerprint density at radius 3 is 2.33 bits per heavy atom. The Hall–Kier alpha value is -1.88. The van der Waals surface area contributed by atoms with Gasteiger partial charge in [-0.1, -0.05) is 0 Å². The highest BCUT2D eigenvalue weighted by atomic mass is 16.5. The van der Waals surface area contributed by atoms with Crippen LogP contribution in [0.1, 0.15) is 44.0 Å². The minimum absolute atomic E-state index is 0.0126. The Morgan fingerprint density at radius 2 is 1.81 bits per heavy atom. The molecule has 0 amide bonds. The molecule has 0 aliphatic carbocycles. The number of hydrogen-bond acceptors (Lipinski definition) is 4. The van der Waals surface area contributed by atoms with Crippen molar-refractivity contribution in [3.05, 3.63) is 29.8 Å². The maximum absolute atomic E-state index is 12.2. The maximum Gasteiger partial charge on any atom is 0.303 e. The van der Waals surface area contributed by atoms with Gasteiger partial charge in [0.05, 0.1) is 12.1 Å². The lowest BCUT2D eigenvalue weighted by Crippen LogP contribution is -2.34. The predicted molar refractivity (Wildman–Crippen MR) is 80.9 cm³/mol. The van der Waals surface area contributed by atoms with Crippen molar-refractivity contribution >= 4 is 11.8 Å². The molecule has 1 rings (SSSR count). The summed E-state index contributed by atoms with van der Waals surface area (Å²) in [7, 11) is 0. The fraction of sp³-hybridized carbons (Fsp3) is 0.500. The van der Waals surface area contributed by atoms with Crippen molar-refractivity contribution in [2.45, 2.75) is 45.8 Å². The predicted octanol–water partition coefficient (Wildman–Crippen LogP) is 2.50. The van der Waals surface area contributed by atoms with Crippen LogP contribution in [0.15, 0.2) is 24.3 Å². The number of hydrogen-bond donors (Lipinski definition) is 2. The highest BCUT2D eigenvalue weighted by Gasteiger charge is 2.14. The average Bonchev–Trinajstić information content (AvgIpc) is 2.42. The number of Topliss-reactive ketones (excluding diaryl/α,β-unsaturated/α-hetero) is 1. The summed E-state index contributed by atoms with van der Waals surface area (Å²) in [4.78, 5) is 22.6. The third kappa shape index (κ3) is 6.40. The molecule has 1 aromatic rings. The maximum atomic E-state index is 12.2. The number of rotatable bonds is 9. The molecule has 0 spiro atoms. The van der Waals surface area contributed by atoms with Gasteiger partial charge in [0.2, 0.25) is 0 Å². The summed E-state index contributed by atoms with van der Waals surface area (Å²) in [5.41, 5.74) is 0.615. The Labute approximate surface area is 125 Å². The zero-order chi connectivity index (χ0) is 15.8. The third-order valence-electron chi connectivity index (χ3n) is 2.92. The summed E-state index contributed by atoms with van der Waals surface area (Å²) in [6.07, 6.45) is 0.713. The summed E-state index contributed by atoms with van der Waals surface area (Å²) < 4.78 is 5.53. The van der Waals surface area contributed by atoms with E-state index in [4.69, 9.17) is 9.84 Å². The molecule has 0 aliphatic heterocycles. The molecule has 1 aromatic carbocycles. The minimum Gasteiger partial charge on any atom is -0.491 e. The van der Waals surface area contributed by atoms with E-state index in [1.165, 1.54) is 0 Å². The number of nitrogens with one attached hydrogen (secondary N) is 1. The van der Waals surface area contributed by atoms with E-state index in [0.717, 1.165) is 5.75 Å². The molecule has 0 saturated heterocycles. The quantitative estimate of drug-likeness (QED) is 0.540. The number of carbonyl (C=O) groups is 2. The highest BCUT2D eigenvalue weighted by Crippen LogP contribution is 2.15. The van der Waals surface area contributed by atoms with Gasteiger partial charge in [0.1, 0.15) is 5.75 Å². The van der Waals surface area contributed by atoms with Crippen molar-refractivity contribution in [1.29, 1.82) is 0 Å². The molecule has 5 nitrogen and oxygen atoms in total. The summed E-state index contributed by atoms with van der Waals surface area (Å²) in [5.74, 6) is -0.0958. The smallest absolute Gasteiger partial charge is 0.303 e. The van der Waals surface area contributed by atoms with Gasteiger partial charge in [-0.3, -0.25) is 9.59 Å². The van der Waals surface area contributed by atoms with Gasteiger partial charge in [-0.05, 0) is 58.0 Å². The molecule has 2 N–H and O–H groups in total. The first-order valence-corrected chi connectivity index (χ1v) is 7.16. The van der Waals surface area contributed by atoms with Crippen LogP contribution in [-0.4, -0.2) is 35.5 Å². The van der Waals surface area contributed by atoms with E-state index in [2.05, 4.69) is 5.32 Å². The number of aliphatic carboxylic acids is 1. The molecule has 0 radical (unpaired) electrons. The van der Waals surface area contributed by atoms with Crippen molar-refractivity contribution < 1.29 is 19.4 Å². The van der Waals surface area contributed by atoms with E-state index in [1.54, 1.807) is 31.2 Å². The second-order valence-electron chi connectivity index (χ2n) is 5.23. The number of carbonyl (C=O) groups excluding carboxylic acids is 1. The van der Waals surface area contributed by atoms with Gasteiger partial charge < -0.3 is 15.2 Å². The number of carboxylic acid groups (broad SMARTS) is 1. The zero-order valence-electron chi connectivity index (χ0n) is 12.8. The number of benzene rings is 1. The standard InChI is InChI=1S/C16H23NO4/c1-11(2)21-14-8-6-13(7-9-14)16(20)12(3)17-10-4-5-15(18)19/h6-9,11-12,17H,4-5,10H2,1-3H3,(H,18,19). The molecule has 1 atom stereocenters. The van der Waals surface area contributed by atoms with Crippen molar-refractivity contribution in [2.75, 3.05) is 6.54 Å². The van der Waals surface area contributed by atoms with Crippen molar-refractivity contribution in [1.82, 2.24) is 5.32 Å². The van der Waals surface area contributed by atoms with Crippen LogP contribution in [0.4, 0.5) is 0 Å². The molecule has 116 valence electrons. The molecule has 5 heteroatoms. The Morgan fingerprint density at radius 1 is 1.19 bits per heavy atom. The van der Waals surface area contributed by atoms with Gasteiger partial charge in [0, 0.05) is 12.0 Å². The molecular weight excluding hydrogens is 270 g/mol. The van der Waals surface area contributed by atoms with Gasteiger partial charge in [-0.25, -0.2) is 0 Å². The molecule has 0 aliphatic rings. The van der Waals surface area contributed by atoms with Gasteiger partial charge in [-0.2, -0.15) is 0 Å². The summed E-state index contributed by atoms with van der Waals surface area (Å²) in [6.45, 7) is 6.18. The Bertz CT molecular complexity index is 468. The molecule has 0 saturated carbocycles. The van der Waals surface area contributed by atoms with Crippen molar-refractivity contribution in [3.8, 4) is 5.75 Å². The van der Waals surface area contributed by atoms with Crippen LogP contribution in [-0.2, 0) is 4.79 Å². The van der Waals surface area contributed by atoms with E-state index in [-0.39, 0.29) is 24.3 Å². The van der Waals surface area contributed by atoms with Crippen LogP contribution in [0.5, 0.6) is 5.75 Å². The molecule has 0 aromatic heterocycles. The molecule has 0 bridgehead atoms. The van der Waals surface area contributed by atoms with Gasteiger partial charge in [0.15, 0.2) is 5.78 Å². The lowest BCUT2D eigenvalue weighted by molar-refractivity contribution is -0.137. The SMILES string of the molecule is CC(C)Oc1ccc(C(=O)C(C)NCCCC(=O)O)cc1. The molecule has 21 heavy (non-hydrogen) atoms. The number of carboxylic acids is 1. The van der Waals surface area contributed by atoms with Crippen LogP contribution >= 0.6 is 0 Å². The second-order valence-corrected chi connectivity index (χ2v) is 5.23. The first-order chi connectivity index (χ1) is 9.90. The Kier molecular flexibility index (Phi) is 6.88. The monoisotopic (exact) mass is 293 g/mol. The zero-order valence-corrected chi connectivity index (χ0v) is 12.8. The van der Waals surface area contributed by atoms with E-state index in [9.17, 15) is 9.59 Å². The first kappa shape index (κ1) is 17.2. The Balaban J connectivity index is 2.48. The lowest BCUT2D eigenvalue weighted by Gasteiger charge is -2.13. The number of ether oxygens (including phenoxy) is 1. The summed E-state index contributed by atoms with van der Waals surface area (Å²) >= 11 is 0. The van der Waals surface area contributed by atoms with Gasteiger partial charge in [0.25, 0.3) is 0 Å². The fourth-order valence-corrected chi connectivity index (χ4v) is 1.87. The average molecular weight is 293 g/mol. The van der Waals surface area contributed by atoms with Crippen LogP contribution in [0.2, 0.25) is 0 Å². The molecule has 0 heterocycles. The molecular formula is C16H23NO4. The van der Waals surface area contributed by atoms with Crippen molar-refractivity contribution in [2.24, 2.45) is 0 Å².